The second-order valence-electron chi connectivity index (χ2n) is 7.08. The van der Waals surface area contributed by atoms with Crippen molar-refractivity contribution in [2.45, 2.75) is 20.3 Å². The number of hydrogen-bond acceptors (Lipinski definition) is 3. The number of amides is 1. The molecule has 1 aliphatic rings. The molecule has 0 atom stereocenters. The largest absolute Gasteiger partial charge is 0.494 e. The standard InChI is InChI=1S/C22H28ClN3O2/c1-3-15-28-19-8-5-17(6-9-19)22(27)24-18-7-10-21(20(23)16-18)26-13-11-25(4-2)12-14-26/h5-10,16H,3-4,11-15H2,1-2H3,(H,24,27)/p+1. The summed E-state index contributed by atoms with van der Waals surface area (Å²) in [4.78, 5) is 16.4. The third kappa shape index (κ3) is 5.18. The molecule has 5 nitrogen and oxygen atoms in total. The average molecular weight is 403 g/mol. The first kappa shape index (κ1) is 20.5. The molecule has 1 amide bonds. The summed E-state index contributed by atoms with van der Waals surface area (Å²) < 4.78 is 5.55. The van der Waals surface area contributed by atoms with E-state index >= 15 is 0 Å². The van der Waals surface area contributed by atoms with Crippen molar-refractivity contribution in [2.24, 2.45) is 0 Å². The summed E-state index contributed by atoms with van der Waals surface area (Å²) >= 11 is 6.52. The molecule has 6 heteroatoms. The van der Waals surface area contributed by atoms with Crippen LogP contribution in [0.5, 0.6) is 5.75 Å². The number of piperazine rings is 1. The molecule has 0 unspecified atom stereocenters. The Labute approximate surface area is 172 Å². The van der Waals surface area contributed by atoms with Gasteiger partial charge in [-0.2, -0.15) is 0 Å². The Kier molecular flexibility index (Phi) is 7.18. The summed E-state index contributed by atoms with van der Waals surface area (Å²) in [6, 6.07) is 12.9. The van der Waals surface area contributed by atoms with Crippen molar-refractivity contribution in [3.05, 3.63) is 53.1 Å². The van der Waals surface area contributed by atoms with E-state index in [1.807, 2.05) is 30.3 Å². The molecule has 1 saturated heterocycles. The molecule has 0 radical (unpaired) electrons. The van der Waals surface area contributed by atoms with Gasteiger partial charge in [0.2, 0.25) is 0 Å². The minimum Gasteiger partial charge on any atom is -0.494 e. The summed E-state index contributed by atoms with van der Waals surface area (Å²) in [7, 11) is 0. The Morgan fingerprint density at radius 1 is 1.14 bits per heavy atom. The zero-order valence-corrected chi connectivity index (χ0v) is 17.4. The molecule has 150 valence electrons. The van der Waals surface area contributed by atoms with Crippen molar-refractivity contribution < 1.29 is 14.4 Å². The number of ether oxygens (including phenoxy) is 1. The molecule has 2 aromatic rings. The first-order valence-electron chi connectivity index (χ1n) is 10.0. The van der Waals surface area contributed by atoms with Gasteiger partial charge in [-0.3, -0.25) is 4.79 Å². The Morgan fingerprint density at radius 2 is 1.86 bits per heavy atom. The third-order valence-corrected chi connectivity index (χ3v) is 5.41. The highest BCUT2D eigenvalue weighted by molar-refractivity contribution is 6.33. The number of halogens is 1. The Morgan fingerprint density at radius 3 is 2.46 bits per heavy atom. The number of anilines is 2. The number of nitrogens with one attached hydrogen (secondary N) is 2. The van der Waals surface area contributed by atoms with Gasteiger partial charge in [-0.15, -0.1) is 0 Å². The van der Waals surface area contributed by atoms with Crippen LogP contribution in [0.3, 0.4) is 0 Å². The van der Waals surface area contributed by atoms with Crippen LogP contribution in [-0.4, -0.2) is 45.2 Å². The van der Waals surface area contributed by atoms with Crippen molar-refractivity contribution in [1.29, 1.82) is 0 Å². The number of nitrogens with zero attached hydrogens (tertiary/aromatic N) is 1. The molecule has 0 bridgehead atoms. The molecule has 1 aliphatic heterocycles. The average Bonchev–Trinajstić information content (AvgIpc) is 2.73. The maximum atomic E-state index is 12.5. The van der Waals surface area contributed by atoms with Crippen LogP contribution in [0, 0.1) is 0 Å². The number of quaternary nitrogens is 1. The zero-order valence-electron chi connectivity index (χ0n) is 16.6. The normalized spacial score (nSPS) is 14.8. The van der Waals surface area contributed by atoms with Gasteiger partial charge in [0.1, 0.15) is 5.75 Å². The van der Waals surface area contributed by atoms with E-state index in [-0.39, 0.29) is 5.91 Å². The highest BCUT2D eigenvalue weighted by Gasteiger charge is 2.20. The first-order chi connectivity index (χ1) is 13.6. The smallest absolute Gasteiger partial charge is 0.255 e. The summed E-state index contributed by atoms with van der Waals surface area (Å²) in [5.74, 6) is 0.613. The predicted octanol–water partition coefficient (Wildman–Crippen LogP) is 3.11. The van der Waals surface area contributed by atoms with Gasteiger partial charge in [-0.1, -0.05) is 18.5 Å². The Bertz CT molecular complexity index is 787. The van der Waals surface area contributed by atoms with E-state index < -0.39 is 0 Å². The van der Waals surface area contributed by atoms with Crippen LogP contribution >= 0.6 is 11.6 Å². The molecule has 0 saturated carbocycles. The second kappa shape index (κ2) is 9.80. The van der Waals surface area contributed by atoms with Gasteiger partial charge in [-0.25, -0.2) is 0 Å². The molecule has 1 fully saturated rings. The number of benzene rings is 2. The van der Waals surface area contributed by atoms with Gasteiger partial charge in [0.25, 0.3) is 5.91 Å². The van der Waals surface area contributed by atoms with Gasteiger partial charge in [0.05, 0.1) is 50.0 Å². The predicted molar refractivity (Wildman–Crippen MR) is 115 cm³/mol. The maximum absolute atomic E-state index is 12.5. The van der Waals surface area contributed by atoms with E-state index in [0.717, 1.165) is 50.6 Å². The van der Waals surface area contributed by atoms with E-state index in [0.29, 0.717) is 22.9 Å². The van der Waals surface area contributed by atoms with E-state index in [4.69, 9.17) is 16.3 Å². The second-order valence-corrected chi connectivity index (χ2v) is 7.49. The highest BCUT2D eigenvalue weighted by atomic mass is 35.5. The van der Waals surface area contributed by atoms with Crippen molar-refractivity contribution in [3.8, 4) is 5.75 Å². The van der Waals surface area contributed by atoms with Crippen LogP contribution in [0.15, 0.2) is 42.5 Å². The molecular weight excluding hydrogens is 374 g/mol. The van der Waals surface area contributed by atoms with Crippen LogP contribution in [0.2, 0.25) is 5.02 Å². The van der Waals surface area contributed by atoms with E-state index in [2.05, 4.69) is 24.1 Å². The Hall–Kier alpha value is -2.24. The molecule has 28 heavy (non-hydrogen) atoms. The van der Waals surface area contributed by atoms with Crippen LogP contribution in [0.25, 0.3) is 0 Å². The third-order valence-electron chi connectivity index (χ3n) is 5.11. The number of hydrogen-bond donors (Lipinski definition) is 2. The SMILES string of the molecule is CCCOc1ccc(C(=O)Nc2ccc(N3CC[NH+](CC)CC3)c(Cl)c2)cc1. The van der Waals surface area contributed by atoms with E-state index in [9.17, 15) is 4.79 Å². The summed E-state index contributed by atoms with van der Waals surface area (Å²) in [6.07, 6.45) is 0.953. The lowest BCUT2D eigenvalue weighted by atomic mass is 10.2. The molecule has 0 aromatic heterocycles. The fraction of sp³-hybridized carbons (Fsp3) is 0.409. The lowest BCUT2D eigenvalue weighted by Crippen LogP contribution is -3.14. The summed E-state index contributed by atoms with van der Waals surface area (Å²) in [5.41, 5.74) is 2.32. The number of carbonyl (C=O) groups excluding carboxylic acids is 1. The van der Waals surface area contributed by atoms with Crippen LogP contribution < -0.4 is 19.9 Å². The highest BCUT2D eigenvalue weighted by Crippen LogP contribution is 2.29. The minimum absolute atomic E-state index is 0.161. The van der Waals surface area contributed by atoms with Gasteiger partial charge in [0.15, 0.2) is 0 Å². The van der Waals surface area contributed by atoms with Crippen molar-refractivity contribution in [3.63, 3.8) is 0 Å². The minimum atomic E-state index is -0.161. The number of carbonyl (C=O) groups is 1. The van der Waals surface area contributed by atoms with Crippen LogP contribution in [0.1, 0.15) is 30.6 Å². The molecular formula is C22H29ClN3O2+. The molecule has 1 heterocycles. The molecule has 3 rings (SSSR count). The fourth-order valence-electron chi connectivity index (χ4n) is 3.38. The molecule has 2 N–H and O–H groups in total. The lowest BCUT2D eigenvalue weighted by molar-refractivity contribution is -0.898. The number of rotatable bonds is 7. The van der Waals surface area contributed by atoms with Crippen molar-refractivity contribution in [2.75, 3.05) is 49.5 Å². The van der Waals surface area contributed by atoms with Crippen molar-refractivity contribution in [1.82, 2.24) is 0 Å². The van der Waals surface area contributed by atoms with Gasteiger partial charge >= 0.3 is 0 Å². The van der Waals surface area contributed by atoms with Gasteiger partial charge in [-0.05, 0) is 55.8 Å². The topological polar surface area (TPSA) is 46.0 Å². The zero-order chi connectivity index (χ0) is 19.9. The summed E-state index contributed by atoms with van der Waals surface area (Å²) in [6.45, 7) is 10.4. The number of likely N-dealkylation sites (N-methyl/N-ethyl adjacent to an activating group) is 1. The summed E-state index contributed by atoms with van der Waals surface area (Å²) in [5, 5.41) is 3.59. The van der Waals surface area contributed by atoms with E-state index in [1.165, 1.54) is 0 Å². The fourth-order valence-corrected chi connectivity index (χ4v) is 3.68. The molecule has 2 aromatic carbocycles. The van der Waals surface area contributed by atoms with E-state index in [1.54, 1.807) is 17.0 Å². The lowest BCUT2D eigenvalue weighted by Gasteiger charge is -2.33. The van der Waals surface area contributed by atoms with Crippen LogP contribution in [0.4, 0.5) is 11.4 Å². The molecule has 0 spiro atoms. The van der Waals surface area contributed by atoms with Crippen molar-refractivity contribution >= 4 is 28.9 Å². The monoisotopic (exact) mass is 402 g/mol. The quantitative estimate of drug-likeness (QED) is 0.748. The van der Waals surface area contributed by atoms with Gasteiger partial charge in [0, 0.05) is 11.3 Å². The van der Waals surface area contributed by atoms with Gasteiger partial charge < -0.3 is 19.9 Å². The Balaban J connectivity index is 1.61. The maximum Gasteiger partial charge on any atom is 0.255 e. The molecule has 0 aliphatic carbocycles. The first-order valence-corrected chi connectivity index (χ1v) is 10.4. The van der Waals surface area contributed by atoms with Crippen LogP contribution in [-0.2, 0) is 0 Å².